The highest BCUT2D eigenvalue weighted by atomic mass is 16.5. The van der Waals surface area contributed by atoms with Crippen molar-refractivity contribution in [3.8, 4) is 0 Å². The van der Waals surface area contributed by atoms with Crippen LogP contribution in [0.2, 0.25) is 0 Å². The monoisotopic (exact) mass is 210 g/mol. The maximum absolute atomic E-state index is 11.8. The van der Waals surface area contributed by atoms with Gasteiger partial charge in [-0.1, -0.05) is 5.16 Å². The molecule has 0 saturated carbocycles. The third kappa shape index (κ3) is 2.26. The highest BCUT2D eigenvalue weighted by Crippen LogP contribution is 2.10. The van der Waals surface area contributed by atoms with Crippen molar-refractivity contribution in [2.45, 2.75) is 19.4 Å². The lowest BCUT2D eigenvalue weighted by Crippen LogP contribution is -2.39. The van der Waals surface area contributed by atoms with Crippen LogP contribution in [0.1, 0.15) is 18.7 Å². The molecule has 1 aromatic rings. The zero-order valence-electron chi connectivity index (χ0n) is 8.72. The summed E-state index contributed by atoms with van der Waals surface area (Å²) in [7, 11) is 1.74. The number of aromatic nitrogens is 2. The molecular weight excluding hydrogens is 196 g/mol. The van der Waals surface area contributed by atoms with Crippen molar-refractivity contribution in [1.82, 2.24) is 19.9 Å². The number of urea groups is 1. The summed E-state index contributed by atoms with van der Waals surface area (Å²) in [5, 5.41) is 3.49. The second kappa shape index (κ2) is 4.29. The minimum Gasteiger partial charge on any atom is -0.338 e. The van der Waals surface area contributed by atoms with Gasteiger partial charge in [0.25, 0.3) is 0 Å². The van der Waals surface area contributed by atoms with Crippen LogP contribution in [0.15, 0.2) is 10.9 Å². The van der Waals surface area contributed by atoms with E-state index in [1.165, 1.54) is 6.33 Å². The molecular formula is C9H14N4O2. The Kier molecular flexibility index (Phi) is 2.84. The smallest absolute Gasteiger partial charge is 0.320 e. The van der Waals surface area contributed by atoms with Gasteiger partial charge in [0.05, 0.1) is 0 Å². The van der Waals surface area contributed by atoms with Gasteiger partial charge in [-0.3, -0.25) is 0 Å². The van der Waals surface area contributed by atoms with Gasteiger partial charge in [0.15, 0.2) is 6.33 Å². The van der Waals surface area contributed by atoms with Gasteiger partial charge in [-0.15, -0.1) is 0 Å². The predicted molar refractivity (Wildman–Crippen MR) is 52.0 cm³/mol. The molecule has 1 saturated heterocycles. The van der Waals surface area contributed by atoms with Gasteiger partial charge in [-0.25, -0.2) is 4.79 Å². The number of hydrogen-bond donors (Lipinski definition) is 0. The Morgan fingerprint density at radius 1 is 1.60 bits per heavy atom. The Bertz CT molecular complexity index is 319. The van der Waals surface area contributed by atoms with Crippen molar-refractivity contribution >= 4 is 6.03 Å². The van der Waals surface area contributed by atoms with Crippen LogP contribution in [0.3, 0.4) is 0 Å². The van der Waals surface area contributed by atoms with Crippen LogP contribution in [-0.2, 0) is 6.54 Å². The molecule has 82 valence electrons. The van der Waals surface area contributed by atoms with Crippen LogP contribution < -0.4 is 0 Å². The van der Waals surface area contributed by atoms with E-state index in [0.29, 0.717) is 12.4 Å². The van der Waals surface area contributed by atoms with Gasteiger partial charge in [-0.05, 0) is 12.8 Å². The van der Waals surface area contributed by atoms with Crippen LogP contribution in [-0.4, -0.2) is 46.1 Å². The fourth-order valence-corrected chi connectivity index (χ4v) is 1.69. The molecule has 1 aliphatic rings. The molecule has 15 heavy (non-hydrogen) atoms. The first-order chi connectivity index (χ1) is 7.27. The summed E-state index contributed by atoms with van der Waals surface area (Å²) in [5.74, 6) is 0.463. The zero-order valence-corrected chi connectivity index (χ0v) is 8.72. The summed E-state index contributed by atoms with van der Waals surface area (Å²) in [6.45, 7) is 2.08. The molecule has 0 spiro atoms. The lowest BCUT2D eigenvalue weighted by Gasteiger charge is -2.22. The Hall–Kier alpha value is -1.59. The van der Waals surface area contributed by atoms with Gasteiger partial charge in [0, 0.05) is 20.1 Å². The molecule has 1 fully saturated rings. The molecule has 0 unspecified atom stereocenters. The maximum atomic E-state index is 11.8. The molecule has 0 bridgehead atoms. The highest BCUT2D eigenvalue weighted by molar-refractivity contribution is 5.74. The Labute approximate surface area is 87.8 Å². The van der Waals surface area contributed by atoms with E-state index < -0.39 is 0 Å². The molecule has 0 aliphatic carbocycles. The summed E-state index contributed by atoms with van der Waals surface area (Å²) < 4.78 is 4.84. The number of nitrogens with zero attached hydrogens (tertiary/aromatic N) is 4. The fraction of sp³-hybridized carbons (Fsp3) is 0.667. The van der Waals surface area contributed by atoms with E-state index in [0.717, 1.165) is 25.9 Å². The van der Waals surface area contributed by atoms with Crippen LogP contribution >= 0.6 is 0 Å². The summed E-state index contributed by atoms with van der Waals surface area (Å²) in [6, 6.07) is 0.0331. The summed E-state index contributed by atoms with van der Waals surface area (Å²) in [4.78, 5) is 19.1. The number of amides is 2. The number of carbonyl (C=O) groups is 1. The molecule has 1 aliphatic heterocycles. The average molecular weight is 210 g/mol. The first kappa shape index (κ1) is 9.95. The van der Waals surface area contributed by atoms with E-state index in [9.17, 15) is 4.79 Å². The van der Waals surface area contributed by atoms with Gasteiger partial charge >= 0.3 is 6.03 Å². The van der Waals surface area contributed by atoms with E-state index >= 15 is 0 Å². The van der Waals surface area contributed by atoms with Crippen molar-refractivity contribution in [3.05, 3.63) is 12.2 Å². The van der Waals surface area contributed by atoms with Crippen molar-refractivity contribution < 1.29 is 9.32 Å². The van der Waals surface area contributed by atoms with Crippen LogP contribution in [0.4, 0.5) is 4.79 Å². The fourth-order valence-electron chi connectivity index (χ4n) is 1.69. The zero-order chi connectivity index (χ0) is 10.7. The van der Waals surface area contributed by atoms with E-state index in [4.69, 9.17) is 4.52 Å². The van der Waals surface area contributed by atoms with Gasteiger partial charge < -0.3 is 14.3 Å². The maximum Gasteiger partial charge on any atom is 0.320 e. The number of carbonyl (C=O) groups excluding carboxylic acids is 1. The lowest BCUT2D eigenvalue weighted by molar-refractivity contribution is 0.165. The molecule has 0 aromatic carbocycles. The Morgan fingerprint density at radius 2 is 2.33 bits per heavy atom. The molecule has 2 rings (SSSR count). The van der Waals surface area contributed by atoms with Crippen LogP contribution in [0.5, 0.6) is 0 Å². The predicted octanol–water partition coefficient (Wildman–Crippen LogP) is 0.717. The second-order valence-corrected chi connectivity index (χ2v) is 3.67. The minimum absolute atomic E-state index is 0.0331. The van der Waals surface area contributed by atoms with Gasteiger partial charge in [0.1, 0.15) is 6.54 Å². The normalized spacial score (nSPS) is 15.7. The van der Waals surface area contributed by atoms with Crippen molar-refractivity contribution in [2.24, 2.45) is 0 Å². The average Bonchev–Trinajstić information content (AvgIpc) is 2.88. The highest BCUT2D eigenvalue weighted by Gasteiger charge is 2.22. The summed E-state index contributed by atoms with van der Waals surface area (Å²) in [5.41, 5.74) is 0. The molecule has 2 heterocycles. The molecule has 2 amide bonds. The third-order valence-electron chi connectivity index (χ3n) is 2.48. The largest absolute Gasteiger partial charge is 0.338 e. The molecule has 0 atom stereocenters. The van der Waals surface area contributed by atoms with E-state index in [2.05, 4.69) is 10.1 Å². The first-order valence-corrected chi connectivity index (χ1v) is 5.03. The van der Waals surface area contributed by atoms with Crippen molar-refractivity contribution in [3.63, 3.8) is 0 Å². The number of hydrogen-bond acceptors (Lipinski definition) is 4. The molecule has 0 radical (unpaired) electrons. The van der Waals surface area contributed by atoms with E-state index in [-0.39, 0.29) is 6.03 Å². The Morgan fingerprint density at radius 3 is 2.93 bits per heavy atom. The first-order valence-electron chi connectivity index (χ1n) is 5.03. The molecule has 6 nitrogen and oxygen atoms in total. The molecule has 1 aromatic heterocycles. The topological polar surface area (TPSA) is 62.5 Å². The quantitative estimate of drug-likeness (QED) is 0.721. The van der Waals surface area contributed by atoms with Gasteiger partial charge in [0.2, 0.25) is 5.89 Å². The summed E-state index contributed by atoms with van der Waals surface area (Å²) in [6.07, 6.45) is 3.53. The number of likely N-dealkylation sites (tertiary alicyclic amines) is 1. The van der Waals surface area contributed by atoms with Crippen molar-refractivity contribution in [2.75, 3.05) is 20.1 Å². The standard InChI is InChI=1S/C9H14N4O2/c1-12(6-8-10-7-11-15-8)9(14)13-4-2-3-5-13/h7H,2-6H2,1H3. The van der Waals surface area contributed by atoms with E-state index in [1.807, 2.05) is 4.90 Å². The third-order valence-corrected chi connectivity index (χ3v) is 2.48. The molecule has 6 heteroatoms. The van der Waals surface area contributed by atoms with Crippen molar-refractivity contribution in [1.29, 1.82) is 0 Å². The van der Waals surface area contributed by atoms with Crippen LogP contribution in [0.25, 0.3) is 0 Å². The second-order valence-electron chi connectivity index (χ2n) is 3.67. The molecule has 0 N–H and O–H groups in total. The Balaban J connectivity index is 1.89. The SMILES string of the molecule is CN(Cc1ncno1)C(=O)N1CCCC1. The van der Waals surface area contributed by atoms with Crippen LogP contribution in [0, 0.1) is 0 Å². The minimum atomic E-state index is 0.0331. The summed E-state index contributed by atoms with van der Waals surface area (Å²) >= 11 is 0. The lowest BCUT2D eigenvalue weighted by atomic mass is 10.4. The number of rotatable bonds is 2. The van der Waals surface area contributed by atoms with Gasteiger partial charge in [-0.2, -0.15) is 4.98 Å². The van der Waals surface area contributed by atoms with E-state index in [1.54, 1.807) is 11.9 Å².